The number of aromatic nitrogens is 2. The maximum atomic E-state index is 12.3. The van der Waals surface area contributed by atoms with Gasteiger partial charge in [-0.2, -0.15) is 0 Å². The maximum absolute atomic E-state index is 12.3. The van der Waals surface area contributed by atoms with Gasteiger partial charge in [0, 0.05) is 32.0 Å². The highest BCUT2D eigenvalue weighted by Crippen LogP contribution is 2.19. The summed E-state index contributed by atoms with van der Waals surface area (Å²) in [7, 11) is 3.32. The molecule has 0 aliphatic rings. The second kappa shape index (κ2) is 6.21. The normalized spacial score (nSPS) is 10.3. The molecule has 1 aromatic carbocycles. The van der Waals surface area contributed by atoms with Gasteiger partial charge in [0.15, 0.2) is 0 Å². The van der Waals surface area contributed by atoms with Crippen molar-refractivity contribution in [2.45, 2.75) is 6.54 Å². The second-order valence-corrected chi connectivity index (χ2v) is 4.35. The van der Waals surface area contributed by atoms with Crippen molar-refractivity contribution in [2.75, 3.05) is 25.6 Å². The lowest BCUT2D eigenvalue weighted by Crippen LogP contribution is -2.26. The van der Waals surface area contributed by atoms with Crippen LogP contribution in [0.1, 0.15) is 10.5 Å². The molecule has 0 saturated carbocycles. The molecule has 0 aliphatic heterocycles. The van der Waals surface area contributed by atoms with Crippen LogP contribution in [0, 0.1) is 0 Å². The van der Waals surface area contributed by atoms with Gasteiger partial charge in [-0.05, 0) is 24.3 Å². The summed E-state index contributed by atoms with van der Waals surface area (Å²) in [4.78, 5) is 18.0. The summed E-state index contributed by atoms with van der Waals surface area (Å²) in [5.74, 6) is 0.591. The van der Waals surface area contributed by atoms with Crippen molar-refractivity contribution in [3.8, 4) is 5.75 Å². The molecule has 20 heavy (non-hydrogen) atoms. The number of imidazole rings is 1. The number of benzene rings is 1. The van der Waals surface area contributed by atoms with Gasteiger partial charge in [0.1, 0.15) is 11.4 Å². The fourth-order valence-electron chi connectivity index (χ4n) is 1.84. The number of methoxy groups -OCH3 is 1. The standard InChI is InChI=1S/C14H18N4O2/c1-17(11-3-5-12(20-2)6-4-11)14(19)13-9-18(8-7-15)10-16-13/h3-6,9-10H,7-8,15H2,1-2H3. The average Bonchev–Trinajstić information content (AvgIpc) is 2.95. The van der Waals surface area contributed by atoms with E-state index < -0.39 is 0 Å². The molecule has 0 saturated heterocycles. The van der Waals surface area contributed by atoms with E-state index in [1.165, 1.54) is 0 Å². The molecule has 1 heterocycles. The number of anilines is 1. The minimum atomic E-state index is -0.161. The zero-order valence-corrected chi connectivity index (χ0v) is 11.6. The van der Waals surface area contributed by atoms with Crippen molar-refractivity contribution in [2.24, 2.45) is 5.73 Å². The van der Waals surface area contributed by atoms with E-state index in [9.17, 15) is 4.79 Å². The molecule has 0 aliphatic carbocycles. The van der Waals surface area contributed by atoms with Gasteiger partial charge in [0.25, 0.3) is 5.91 Å². The predicted molar refractivity (Wildman–Crippen MR) is 77.0 cm³/mol. The summed E-state index contributed by atoms with van der Waals surface area (Å²) < 4.78 is 6.89. The molecule has 106 valence electrons. The zero-order chi connectivity index (χ0) is 14.5. The molecule has 2 rings (SSSR count). The van der Waals surface area contributed by atoms with E-state index in [2.05, 4.69) is 4.98 Å². The highest BCUT2D eigenvalue weighted by molar-refractivity contribution is 6.04. The zero-order valence-electron chi connectivity index (χ0n) is 11.6. The van der Waals surface area contributed by atoms with Crippen LogP contribution in [0.3, 0.4) is 0 Å². The van der Waals surface area contributed by atoms with E-state index in [1.807, 2.05) is 24.3 Å². The Balaban J connectivity index is 2.13. The largest absolute Gasteiger partial charge is 0.497 e. The van der Waals surface area contributed by atoms with E-state index in [0.717, 1.165) is 11.4 Å². The first-order valence-corrected chi connectivity index (χ1v) is 6.29. The third-order valence-corrected chi connectivity index (χ3v) is 3.00. The van der Waals surface area contributed by atoms with Crippen LogP contribution in [0.4, 0.5) is 5.69 Å². The number of rotatable bonds is 5. The maximum Gasteiger partial charge on any atom is 0.278 e. The molecule has 0 atom stereocenters. The molecule has 1 amide bonds. The molecule has 0 radical (unpaired) electrons. The highest BCUT2D eigenvalue weighted by atomic mass is 16.5. The number of amides is 1. The average molecular weight is 274 g/mol. The number of hydrogen-bond acceptors (Lipinski definition) is 4. The number of nitrogens with zero attached hydrogens (tertiary/aromatic N) is 3. The lowest BCUT2D eigenvalue weighted by Gasteiger charge is -2.16. The topological polar surface area (TPSA) is 73.4 Å². The van der Waals surface area contributed by atoms with Crippen molar-refractivity contribution < 1.29 is 9.53 Å². The molecule has 2 N–H and O–H groups in total. The van der Waals surface area contributed by atoms with Crippen LogP contribution < -0.4 is 15.4 Å². The van der Waals surface area contributed by atoms with Gasteiger partial charge in [0.05, 0.1) is 13.4 Å². The van der Waals surface area contributed by atoms with Gasteiger partial charge in [-0.15, -0.1) is 0 Å². The van der Waals surface area contributed by atoms with Crippen LogP contribution >= 0.6 is 0 Å². The summed E-state index contributed by atoms with van der Waals surface area (Å²) in [6.45, 7) is 1.16. The summed E-state index contributed by atoms with van der Waals surface area (Å²) in [6, 6.07) is 7.28. The van der Waals surface area contributed by atoms with Gasteiger partial charge < -0.3 is 19.9 Å². The van der Waals surface area contributed by atoms with Gasteiger partial charge in [-0.3, -0.25) is 4.79 Å². The van der Waals surface area contributed by atoms with Crippen LogP contribution in [-0.2, 0) is 6.54 Å². The summed E-state index contributed by atoms with van der Waals surface area (Å²) in [5, 5.41) is 0. The van der Waals surface area contributed by atoms with Crippen LogP contribution in [0.2, 0.25) is 0 Å². The molecule has 6 heteroatoms. The van der Waals surface area contributed by atoms with Crippen molar-refractivity contribution >= 4 is 11.6 Å². The molecule has 6 nitrogen and oxygen atoms in total. The molecular weight excluding hydrogens is 256 g/mol. The Kier molecular flexibility index (Phi) is 4.37. The van der Waals surface area contributed by atoms with Crippen LogP contribution in [0.5, 0.6) is 5.75 Å². The molecule has 2 aromatic rings. The van der Waals surface area contributed by atoms with Gasteiger partial charge in [0.2, 0.25) is 0 Å². The minimum Gasteiger partial charge on any atom is -0.497 e. The Bertz CT molecular complexity index is 577. The van der Waals surface area contributed by atoms with E-state index in [1.54, 1.807) is 36.1 Å². The van der Waals surface area contributed by atoms with Crippen molar-refractivity contribution in [3.63, 3.8) is 0 Å². The lowest BCUT2D eigenvalue weighted by atomic mass is 10.2. The van der Waals surface area contributed by atoms with Gasteiger partial charge >= 0.3 is 0 Å². The van der Waals surface area contributed by atoms with E-state index in [0.29, 0.717) is 18.8 Å². The smallest absolute Gasteiger partial charge is 0.278 e. The first-order valence-electron chi connectivity index (χ1n) is 6.29. The van der Waals surface area contributed by atoms with Crippen LogP contribution in [0.25, 0.3) is 0 Å². The SMILES string of the molecule is COc1ccc(N(C)C(=O)c2cn(CCN)cn2)cc1. The molecule has 1 aromatic heterocycles. The van der Waals surface area contributed by atoms with Crippen molar-refractivity contribution in [3.05, 3.63) is 42.5 Å². The van der Waals surface area contributed by atoms with E-state index in [-0.39, 0.29) is 5.91 Å². The number of ether oxygens (including phenoxy) is 1. The van der Waals surface area contributed by atoms with Crippen molar-refractivity contribution in [1.82, 2.24) is 9.55 Å². The Morgan fingerprint density at radius 3 is 2.70 bits per heavy atom. The molecule has 0 unspecified atom stereocenters. The van der Waals surface area contributed by atoms with Gasteiger partial charge in [-0.1, -0.05) is 0 Å². The van der Waals surface area contributed by atoms with Gasteiger partial charge in [-0.25, -0.2) is 4.98 Å². The van der Waals surface area contributed by atoms with Crippen LogP contribution in [-0.4, -0.2) is 36.2 Å². The number of carbonyl (C=O) groups is 1. The predicted octanol–water partition coefficient (Wildman–Crippen LogP) is 1.13. The second-order valence-electron chi connectivity index (χ2n) is 4.35. The highest BCUT2D eigenvalue weighted by Gasteiger charge is 2.16. The summed E-state index contributed by atoms with van der Waals surface area (Å²) in [6.07, 6.45) is 3.32. The van der Waals surface area contributed by atoms with Crippen molar-refractivity contribution in [1.29, 1.82) is 0 Å². The Labute approximate surface area is 117 Å². The summed E-state index contributed by atoms with van der Waals surface area (Å²) in [5.41, 5.74) is 6.65. The minimum absolute atomic E-state index is 0.161. The van der Waals surface area contributed by atoms with E-state index in [4.69, 9.17) is 10.5 Å². The fourth-order valence-corrected chi connectivity index (χ4v) is 1.84. The molecular formula is C14H18N4O2. The third kappa shape index (κ3) is 2.97. The number of carbonyl (C=O) groups excluding carboxylic acids is 1. The van der Waals surface area contributed by atoms with Crippen LogP contribution in [0.15, 0.2) is 36.8 Å². The molecule has 0 fully saturated rings. The third-order valence-electron chi connectivity index (χ3n) is 3.00. The molecule has 0 bridgehead atoms. The summed E-state index contributed by atoms with van der Waals surface area (Å²) >= 11 is 0. The Morgan fingerprint density at radius 1 is 1.40 bits per heavy atom. The molecule has 0 spiro atoms. The number of hydrogen-bond donors (Lipinski definition) is 1. The number of nitrogens with two attached hydrogens (primary N) is 1. The fraction of sp³-hybridized carbons (Fsp3) is 0.286. The quantitative estimate of drug-likeness (QED) is 0.887. The first-order chi connectivity index (χ1) is 9.65. The Hall–Kier alpha value is -2.34. The Morgan fingerprint density at radius 2 is 2.10 bits per heavy atom. The lowest BCUT2D eigenvalue weighted by molar-refractivity contribution is 0.0988. The monoisotopic (exact) mass is 274 g/mol. The van der Waals surface area contributed by atoms with E-state index >= 15 is 0 Å². The first kappa shape index (κ1) is 14.1.